The average molecular weight is 175 g/mol. The Bertz CT molecular complexity index is 177. The Kier molecular flexibility index (Phi) is 6.18. The van der Waals surface area contributed by atoms with Crippen molar-refractivity contribution in [3.05, 3.63) is 11.9 Å². The molecule has 0 saturated carbocycles. The third kappa shape index (κ3) is 4.79. The van der Waals surface area contributed by atoms with Crippen molar-refractivity contribution < 1.29 is 9.50 Å². The van der Waals surface area contributed by atoms with E-state index in [4.69, 9.17) is 5.11 Å². The number of rotatable bonds is 3. The van der Waals surface area contributed by atoms with Crippen LogP contribution in [-0.2, 0) is 6.42 Å². The number of hydrogen-bond acceptors (Lipinski definition) is 3. The Labute approximate surface area is 70.8 Å². The van der Waals surface area contributed by atoms with Gasteiger partial charge in [0.2, 0.25) is 0 Å². The van der Waals surface area contributed by atoms with Crippen LogP contribution in [0, 0.1) is 0 Å². The molecule has 0 aliphatic rings. The highest BCUT2D eigenvalue weighted by atomic mass is 19.1. The van der Waals surface area contributed by atoms with Gasteiger partial charge in [0, 0.05) is 0 Å². The monoisotopic (exact) mass is 175 g/mol. The van der Waals surface area contributed by atoms with Crippen molar-refractivity contribution in [3.8, 4) is 0 Å². The second-order valence-corrected chi connectivity index (χ2v) is 2.35. The molecule has 0 aliphatic carbocycles. The van der Waals surface area contributed by atoms with Crippen molar-refractivity contribution >= 4 is 0 Å². The first kappa shape index (κ1) is 11.0. The highest BCUT2D eigenvalue weighted by Crippen LogP contribution is 1.98. The zero-order valence-corrected chi connectivity index (χ0v) is 7.29. The maximum Gasteiger partial charge on any atom is 0.0825 e. The maximum atomic E-state index is 9.50. The molecule has 1 atom stereocenters. The molecule has 1 aromatic rings. The summed E-state index contributed by atoms with van der Waals surface area (Å²) >= 11 is 0. The van der Waals surface area contributed by atoms with Crippen LogP contribution < -0.4 is 0 Å². The van der Waals surface area contributed by atoms with Gasteiger partial charge in [0.1, 0.15) is 0 Å². The molecule has 1 unspecified atom stereocenters. The lowest BCUT2D eigenvalue weighted by atomic mass is 10.2. The number of hydrogen-bond donors (Lipinski definition) is 2. The quantitative estimate of drug-likeness (QED) is 0.711. The number of aromatic amines is 1. The molecule has 1 heterocycles. The topological polar surface area (TPSA) is 61.8 Å². The minimum absolute atomic E-state index is 0.253. The van der Waals surface area contributed by atoms with E-state index in [1.165, 1.54) is 0 Å². The molecule has 0 saturated heterocycles. The second kappa shape index (κ2) is 6.72. The van der Waals surface area contributed by atoms with E-state index in [2.05, 4.69) is 15.4 Å². The molecule has 12 heavy (non-hydrogen) atoms. The Hall–Kier alpha value is -0.970. The van der Waals surface area contributed by atoms with Crippen molar-refractivity contribution in [2.24, 2.45) is 0 Å². The van der Waals surface area contributed by atoms with Gasteiger partial charge in [-0.25, -0.2) is 0 Å². The van der Waals surface area contributed by atoms with Crippen LogP contribution in [0.25, 0.3) is 0 Å². The summed E-state index contributed by atoms with van der Waals surface area (Å²) in [5.74, 6) is 0. The van der Waals surface area contributed by atoms with Crippen LogP contribution in [-0.4, -0.2) is 33.8 Å². The van der Waals surface area contributed by atoms with E-state index < -0.39 is 0 Å². The van der Waals surface area contributed by atoms with E-state index in [1.807, 2.05) is 0 Å². The van der Waals surface area contributed by atoms with E-state index in [1.54, 1.807) is 13.1 Å². The van der Waals surface area contributed by atoms with Crippen LogP contribution in [0.15, 0.2) is 6.20 Å². The third-order valence-corrected chi connectivity index (χ3v) is 1.28. The molecular weight excluding hydrogens is 161 g/mol. The smallest absolute Gasteiger partial charge is 0.0825 e. The van der Waals surface area contributed by atoms with E-state index in [-0.39, 0.29) is 6.10 Å². The zero-order chi connectivity index (χ0) is 9.40. The molecule has 0 amide bonds. The van der Waals surface area contributed by atoms with Gasteiger partial charge >= 0.3 is 0 Å². The SMILES string of the molecule is CC(O)CCc1cn[nH]n1.CF. The summed E-state index contributed by atoms with van der Waals surface area (Å²) in [6.07, 6.45) is 2.94. The van der Waals surface area contributed by atoms with Crippen molar-refractivity contribution in [3.63, 3.8) is 0 Å². The van der Waals surface area contributed by atoms with Gasteiger partial charge in [0.25, 0.3) is 0 Å². The fourth-order valence-electron chi connectivity index (χ4n) is 0.703. The van der Waals surface area contributed by atoms with Gasteiger partial charge in [-0.2, -0.15) is 15.4 Å². The van der Waals surface area contributed by atoms with Crippen molar-refractivity contribution in [1.82, 2.24) is 15.4 Å². The molecule has 0 bridgehead atoms. The number of aliphatic hydroxyl groups is 1. The molecule has 4 nitrogen and oxygen atoms in total. The minimum Gasteiger partial charge on any atom is -0.393 e. The highest BCUT2D eigenvalue weighted by molar-refractivity contribution is 4.90. The molecule has 70 valence electrons. The molecule has 0 radical (unpaired) electrons. The predicted octanol–water partition coefficient (Wildman–Crippen LogP) is 0.704. The Morgan fingerprint density at radius 2 is 2.33 bits per heavy atom. The summed E-state index contributed by atoms with van der Waals surface area (Å²) in [5, 5.41) is 18.9. The van der Waals surface area contributed by atoms with Gasteiger partial charge in [-0.15, -0.1) is 0 Å². The fourth-order valence-corrected chi connectivity index (χ4v) is 0.703. The number of alkyl halides is 1. The number of nitrogens with one attached hydrogen (secondary N) is 1. The highest BCUT2D eigenvalue weighted by Gasteiger charge is 1.98. The van der Waals surface area contributed by atoms with Gasteiger partial charge in [-0.1, -0.05) is 0 Å². The van der Waals surface area contributed by atoms with E-state index >= 15 is 0 Å². The predicted molar refractivity (Wildman–Crippen MR) is 43.4 cm³/mol. The van der Waals surface area contributed by atoms with Crippen molar-refractivity contribution in [2.45, 2.75) is 25.9 Å². The summed E-state index contributed by atoms with van der Waals surface area (Å²) in [6, 6.07) is 0. The first-order valence-electron chi connectivity index (χ1n) is 3.69. The molecule has 2 N–H and O–H groups in total. The lowest BCUT2D eigenvalue weighted by Gasteiger charge is -1.98. The molecule has 0 fully saturated rings. The average Bonchev–Trinajstić information content (AvgIpc) is 2.56. The molecule has 0 aliphatic heterocycles. The minimum atomic E-state index is -0.253. The first-order valence-corrected chi connectivity index (χ1v) is 3.69. The van der Waals surface area contributed by atoms with Crippen molar-refractivity contribution in [2.75, 3.05) is 7.18 Å². The Morgan fingerprint density at radius 3 is 2.75 bits per heavy atom. The fraction of sp³-hybridized carbons (Fsp3) is 0.714. The van der Waals surface area contributed by atoms with E-state index in [9.17, 15) is 4.39 Å². The summed E-state index contributed by atoms with van der Waals surface area (Å²) in [7, 11) is 0.500. The molecule has 1 rings (SSSR count). The van der Waals surface area contributed by atoms with Gasteiger partial charge in [-0.3, -0.25) is 4.39 Å². The normalized spacial score (nSPS) is 11.7. The van der Waals surface area contributed by atoms with E-state index in [0.717, 1.165) is 18.5 Å². The molecule has 1 aromatic heterocycles. The van der Waals surface area contributed by atoms with Crippen LogP contribution in [0.5, 0.6) is 0 Å². The number of aromatic nitrogens is 3. The standard InChI is InChI=1S/C6H11N3O.CH3F/c1-5(10)2-3-6-4-7-9-8-6;1-2/h4-5,10H,2-3H2,1H3,(H,7,8,9);1H3. The Balaban J connectivity index is 0.000000561. The number of aryl methyl sites for hydroxylation is 1. The maximum absolute atomic E-state index is 9.50. The van der Waals surface area contributed by atoms with Crippen LogP contribution in [0.1, 0.15) is 19.0 Å². The van der Waals surface area contributed by atoms with Gasteiger partial charge < -0.3 is 5.11 Å². The van der Waals surface area contributed by atoms with Gasteiger partial charge in [0.15, 0.2) is 0 Å². The van der Waals surface area contributed by atoms with Gasteiger partial charge in [0.05, 0.1) is 25.2 Å². The van der Waals surface area contributed by atoms with Crippen LogP contribution in [0.4, 0.5) is 4.39 Å². The molecule has 5 heteroatoms. The van der Waals surface area contributed by atoms with Crippen LogP contribution in [0.2, 0.25) is 0 Å². The second-order valence-electron chi connectivity index (χ2n) is 2.35. The number of aliphatic hydroxyl groups excluding tert-OH is 1. The summed E-state index contributed by atoms with van der Waals surface area (Å²) < 4.78 is 9.50. The third-order valence-electron chi connectivity index (χ3n) is 1.28. The number of H-pyrrole nitrogens is 1. The lowest BCUT2D eigenvalue weighted by Crippen LogP contribution is -2.01. The zero-order valence-electron chi connectivity index (χ0n) is 7.29. The number of halogens is 1. The van der Waals surface area contributed by atoms with Crippen molar-refractivity contribution in [1.29, 1.82) is 0 Å². The van der Waals surface area contributed by atoms with E-state index in [0.29, 0.717) is 7.18 Å². The van der Waals surface area contributed by atoms with Crippen LogP contribution >= 0.6 is 0 Å². The van der Waals surface area contributed by atoms with Gasteiger partial charge in [-0.05, 0) is 19.8 Å². The largest absolute Gasteiger partial charge is 0.393 e. The van der Waals surface area contributed by atoms with Crippen LogP contribution in [0.3, 0.4) is 0 Å². The Morgan fingerprint density at radius 1 is 1.67 bits per heavy atom. The molecular formula is C7H14FN3O. The number of nitrogens with zero attached hydrogens (tertiary/aromatic N) is 2. The molecule has 0 spiro atoms. The summed E-state index contributed by atoms with van der Waals surface area (Å²) in [4.78, 5) is 0. The molecule has 0 aromatic carbocycles. The first-order chi connectivity index (χ1) is 5.79. The lowest BCUT2D eigenvalue weighted by molar-refractivity contribution is 0.184. The summed E-state index contributed by atoms with van der Waals surface area (Å²) in [5.41, 5.74) is 0.904. The summed E-state index contributed by atoms with van der Waals surface area (Å²) in [6.45, 7) is 1.76.